The molecular formula is C17H19N3O4. The molecule has 7 heteroatoms. The van der Waals surface area contributed by atoms with Crippen LogP contribution in [0.3, 0.4) is 0 Å². The van der Waals surface area contributed by atoms with Gasteiger partial charge in [0.05, 0.1) is 13.2 Å². The zero-order valence-corrected chi connectivity index (χ0v) is 13.8. The van der Waals surface area contributed by atoms with Gasteiger partial charge in [-0.3, -0.25) is 9.69 Å². The Labute approximate surface area is 139 Å². The Hall–Kier alpha value is -2.67. The van der Waals surface area contributed by atoms with Gasteiger partial charge in [0.1, 0.15) is 17.0 Å². The lowest BCUT2D eigenvalue weighted by atomic mass is 10.0. The van der Waals surface area contributed by atoms with E-state index in [0.717, 1.165) is 10.5 Å². The topological polar surface area (TPSA) is 84.7 Å². The van der Waals surface area contributed by atoms with Crippen LogP contribution in [0.4, 0.5) is 4.79 Å². The van der Waals surface area contributed by atoms with E-state index in [1.807, 2.05) is 30.3 Å². The van der Waals surface area contributed by atoms with Crippen molar-refractivity contribution in [2.45, 2.75) is 25.9 Å². The van der Waals surface area contributed by atoms with Crippen LogP contribution in [0.5, 0.6) is 0 Å². The molecule has 1 aromatic carbocycles. The number of aryl methyl sites for hydroxylation is 1. The van der Waals surface area contributed by atoms with Crippen LogP contribution in [0, 0.1) is 6.92 Å². The van der Waals surface area contributed by atoms with E-state index in [2.05, 4.69) is 10.3 Å². The van der Waals surface area contributed by atoms with Crippen molar-refractivity contribution >= 4 is 11.9 Å². The fourth-order valence-corrected chi connectivity index (χ4v) is 2.71. The number of nitrogens with zero attached hydrogens (tertiary/aromatic N) is 2. The smallest absolute Gasteiger partial charge is 0.325 e. The van der Waals surface area contributed by atoms with E-state index in [0.29, 0.717) is 17.3 Å². The molecule has 1 N–H and O–H groups in total. The highest BCUT2D eigenvalue weighted by Gasteiger charge is 2.48. The minimum atomic E-state index is -1.05. The van der Waals surface area contributed by atoms with Gasteiger partial charge in [-0.1, -0.05) is 18.2 Å². The average molecular weight is 329 g/mol. The van der Waals surface area contributed by atoms with Crippen LogP contribution >= 0.6 is 0 Å². The van der Waals surface area contributed by atoms with Crippen LogP contribution in [0.15, 0.2) is 34.7 Å². The summed E-state index contributed by atoms with van der Waals surface area (Å²) in [7, 11) is 1.49. The summed E-state index contributed by atoms with van der Waals surface area (Å²) in [6, 6.07) is 9.01. The standard InChI is InChI=1S/C17H19N3O4/c1-11-13(18-14(24-11)12-7-5-4-6-8-12)9-20-15(21)17(2,10-23-3)19-16(20)22/h4-8H,9-10H2,1-3H3,(H,19,22)/t17-/m1/s1. The van der Waals surface area contributed by atoms with E-state index >= 15 is 0 Å². The van der Waals surface area contributed by atoms with Crippen LogP contribution in [0.1, 0.15) is 18.4 Å². The van der Waals surface area contributed by atoms with Gasteiger partial charge in [-0.05, 0) is 26.0 Å². The molecule has 1 atom stereocenters. The van der Waals surface area contributed by atoms with Crippen molar-refractivity contribution in [1.29, 1.82) is 0 Å². The van der Waals surface area contributed by atoms with Gasteiger partial charge in [-0.25, -0.2) is 9.78 Å². The third-order valence-corrected chi connectivity index (χ3v) is 4.00. The number of amides is 3. The Kier molecular flexibility index (Phi) is 4.11. The molecule has 1 aliphatic heterocycles. The monoisotopic (exact) mass is 329 g/mol. The van der Waals surface area contributed by atoms with Crippen LogP contribution in [0.2, 0.25) is 0 Å². The average Bonchev–Trinajstić information content (AvgIpc) is 3.02. The van der Waals surface area contributed by atoms with Crippen molar-refractivity contribution in [3.8, 4) is 11.5 Å². The molecular weight excluding hydrogens is 310 g/mol. The van der Waals surface area contributed by atoms with Crippen LogP contribution in [-0.2, 0) is 16.1 Å². The van der Waals surface area contributed by atoms with Gasteiger partial charge in [0.15, 0.2) is 0 Å². The number of methoxy groups -OCH3 is 1. The third kappa shape index (κ3) is 2.78. The number of benzene rings is 1. The Morgan fingerprint density at radius 3 is 2.67 bits per heavy atom. The number of urea groups is 1. The summed E-state index contributed by atoms with van der Waals surface area (Å²) in [6.07, 6.45) is 0. The van der Waals surface area contributed by atoms with Crippen LogP contribution < -0.4 is 5.32 Å². The maximum atomic E-state index is 12.5. The Morgan fingerprint density at radius 2 is 2.00 bits per heavy atom. The molecule has 126 valence electrons. The number of hydrogen-bond donors (Lipinski definition) is 1. The molecule has 1 aliphatic rings. The second-order valence-corrected chi connectivity index (χ2v) is 5.97. The summed E-state index contributed by atoms with van der Waals surface area (Å²) in [5, 5.41) is 2.66. The zero-order chi connectivity index (χ0) is 17.3. The molecule has 3 rings (SSSR count). The molecule has 2 aromatic rings. The number of nitrogens with one attached hydrogen (secondary N) is 1. The molecule has 1 fully saturated rings. The van der Waals surface area contributed by atoms with Gasteiger partial charge in [0.25, 0.3) is 5.91 Å². The van der Waals surface area contributed by atoms with Gasteiger partial charge in [-0.15, -0.1) is 0 Å². The lowest BCUT2D eigenvalue weighted by Gasteiger charge is -2.20. The van der Waals surface area contributed by atoms with Gasteiger partial charge >= 0.3 is 6.03 Å². The second-order valence-electron chi connectivity index (χ2n) is 5.97. The number of hydrogen-bond acceptors (Lipinski definition) is 5. The number of rotatable bonds is 5. The van der Waals surface area contributed by atoms with Crippen LogP contribution in [0.25, 0.3) is 11.5 Å². The quantitative estimate of drug-likeness (QED) is 0.849. The predicted octanol–water partition coefficient (Wildman–Crippen LogP) is 2.11. The van der Waals surface area contributed by atoms with E-state index in [9.17, 15) is 9.59 Å². The van der Waals surface area contributed by atoms with Crippen molar-refractivity contribution in [1.82, 2.24) is 15.2 Å². The summed E-state index contributed by atoms with van der Waals surface area (Å²) in [5.74, 6) is 0.711. The first kappa shape index (κ1) is 16.2. The fourth-order valence-electron chi connectivity index (χ4n) is 2.71. The Bertz CT molecular complexity index is 771. The first-order valence-electron chi connectivity index (χ1n) is 7.59. The number of ether oxygens (including phenoxy) is 1. The summed E-state index contributed by atoms with van der Waals surface area (Å²) >= 11 is 0. The molecule has 1 saturated heterocycles. The van der Waals surface area contributed by atoms with E-state index in [4.69, 9.17) is 9.15 Å². The first-order chi connectivity index (χ1) is 11.4. The highest BCUT2D eigenvalue weighted by Crippen LogP contribution is 2.25. The van der Waals surface area contributed by atoms with E-state index in [1.165, 1.54) is 7.11 Å². The van der Waals surface area contributed by atoms with Gasteiger partial charge in [0, 0.05) is 12.7 Å². The fraction of sp³-hybridized carbons (Fsp3) is 0.353. The van der Waals surface area contributed by atoms with Crippen molar-refractivity contribution in [2.24, 2.45) is 0 Å². The SMILES string of the molecule is COC[C@@]1(C)NC(=O)N(Cc2nc(-c3ccccc3)oc2C)C1=O. The molecule has 0 saturated carbocycles. The summed E-state index contributed by atoms with van der Waals surface area (Å²) in [4.78, 5) is 30.2. The van der Waals surface area contributed by atoms with Crippen molar-refractivity contribution in [3.63, 3.8) is 0 Å². The Balaban J connectivity index is 1.83. The van der Waals surface area contributed by atoms with Crippen molar-refractivity contribution in [2.75, 3.05) is 13.7 Å². The molecule has 2 heterocycles. The largest absolute Gasteiger partial charge is 0.441 e. The molecule has 0 unspecified atom stereocenters. The minimum absolute atomic E-state index is 0.0616. The maximum Gasteiger partial charge on any atom is 0.325 e. The second kappa shape index (κ2) is 6.09. The number of carbonyl (C=O) groups excluding carboxylic acids is 2. The number of imide groups is 1. The molecule has 0 bridgehead atoms. The van der Waals surface area contributed by atoms with Crippen LogP contribution in [-0.4, -0.2) is 41.1 Å². The molecule has 7 nitrogen and oxygen atoms in total. The Morgan fingerprint density at radius 1 is 1.29 bits per heavy atom. The van der Waals surface area contributed by atoms with Crippen molar-refractivity contribution in [3.05, 3.63) is 41.8 Å². The normalized spacial score (nSPS) is 20.5. The van der Waals surface area contributed by atoms with Gasteiger partial charge < -0.3 is 14.5 Å². The lowest BCUT2D eigenvalue weighted by molar-refractivity contribution is -0.132. The summed E-state index contributed by atoms with van der Waals surface area (Å²) < 4.78 is 10.7. The third-order valence-electron chi connectivity index (χ3n) is 4.00. The maximum absolute atomic E-state index is 12.5. The first-order valence-corrected chi connectivity index (χ1v) is 7.59. The predicted molar refractivity (Wildman–Crippen MR) is 86.0 cm³/mol. The van der Waals surface area contributed by atoms with E-state index in [1.54, 1.807) is 13.8 Å². The number of carbonyl (C=O) groups is 2. The van der Waals surface area contributed by atoms with Crippen molar-refractivity contribution < 1.29 is 18.7 Å². The summed E-state index contributed by atoms with van der Waals surface area (Å²) in [6.45, 7) is 3.58. The molecule has 0 aliphatic carbocycles. The number of oxazole rings is 1. The molecule has 3 amide bonds. The van der Waals surface area contributed by atoms with Gasteiger partial charge in [0.2, 0.25) is 5.89 Å². The minimum Gasteiger partial charge on any atom is -0.441 e. The molecule has 0 spiro atoms. The zero-order valence-electron chi connectivity index (χ0n) is 13.8. The van der Waals surface area contributed by atoms with E-state index in [-0.39, 0.29) is 19.1 Å². The molecule has 0 radical (unpaired) electrons. The molecule has 24 heavy (non-hydrogen) atoms. The molecule has 1 aromatic heterocycles. The van der Waals surface area contributed by atoms with Gasteiger partial charge in [-0.2, -0.15) is 0 Å². The van der Waals surface area contributed by atoms with E-state index < -0.39 is 11.6 Å². The highest BCUT2D eigenvalue weighted by atomic mass is 16.5. The lowest BCUT2D eigenvalue weighted by Crippen LogP contribution is -2.47. The number of aromatic nitrogens is 1. The highest BCUT2D eigenvalue weighted by molar-refractivity contribution is 6.06. The summed E-state index contributed by atoms with van der Waals surface area (Å²) in [5.41, 5.74) is 0.346.